The van der Waals surface area contributed by atoms with E-state index in [9.17, 15) is 4.79 Å². The maximum absolute atomic E-state index is 12.1. The highest BCUT2D eigenvalue weighted by atomic mass is 35.5. The van der Waals surface area contributed by atoms with Crippen LogP contribution in [0.5, 0.6) is 0 Å². The molecule has 2 aromatic carbocycles. The van der Waals surface area contributed by atoms with E-state index < -0.39 is 0 Å². The van der Waals surface area contributed by atoms with Crippen LogP contribution < -0.4 is 10.6 Å². The highest BCUT2D eigenvalue weighted by molar-refractivity contribution is 6.34. The summed E-state index contributed by atoms with van der Waals surface area (Å²) >= 11 is 6.02. The van der Waals surface area contributed by atoms with E-state index in [1.807, 2.05) is 24.3 Å². The number of hydrogen-bond donors (Lipinski definition) is 2. The normalized spacial score (nSPS) is 12.0. The molecule has 0 spiro atoms. The molecule has 0 heterocycles. The molecule has 0 saturated heterocycles. The molecule has 3 nitrogen and oxygen atoms in total. The quantitative estimate of drug-likeness (QED) is 0.866. The van der Waals surface area contributed by atoms with Crippen molar-refractivity contribution in [1.82, 2.24) is 5.32 Å². The molecule has 0 aromatic heterocycles. The zero-order chi connectivity index (χ0) is 15.2. The Balaban J connectivity index is 2.07. The van der Waals surface area contributed by atoms with Gasteiger partial charge in [-0.05, 0) is 43.3 Å². The van der Waals surface area contributed by atoms with Crippen molar-refractivity contribution < 1.29 is 4.79 Å². The monoisotopic (exact) mass is 302 g/mol. The first-order valence-electron chi connectivity index (χ1n) is 7.01. The topological polar surface area (TPSA) is 41.1 Å². The number of nitrogens with one attached hydrogen (secondary N) is 2. The minimum absolute atomic E-state index is 0.201. The van der Waals surface area contributed by atoms with Gasteiger partial charge in [-0.2, -0.15) is 0 Å². The predicted octanol–water partition coefficient (Wildman–Crippen LogP) is 4.26. The number of halogens is 1. The maximum Gasteiger partial charge on any atom is 0.257 e. The minimum atomic E-state index is -0.201. The van der Waals surface area contributed by atoms with Crippen molar-refractivity contribution in [2.24, 2.45) is 0 Å². The van der Waals surface area contributed by atoms with Crippen LogP contribution >= 0.6 is 11.6 Å². The number of rotatable bonds is 5. The van der Waals surface area contributed by atoms with Crippen LogP contribution in [0.4, 0.5) is 5.69 Å². The van der Waals surface area contributed by atoms with E-state index in [-0.39, 0.29) is 5.91 Å². The smallest absolute Gasteiger partial charge is 0.257 e. The lowest BCUT2D eigenvalue weighted by atomic mass is 10.1. The first-order valence-corrected chi connectivity index (χ1v) is 7.39. The molecule has 0 saturated carbocycles. The number of amides is 1. The van der Waals surface area contributed by atoms with Gasteiger partial charge in [-0.3, -0.25) is 4.79 Å². The Morgan fingerprint density at radius 3 is 2.43 bits per heavy atom. The first-order chi connectivity index (χ1) is 10.1. The van der Waals surface area contributed by atoms with E-state index in [1.165, 1.54) is 5.56 Å². The van der Waals surface area contributed by atoms with E-state index in [2.05, 4.69) is 24.5 Å². The van der Waals surface area contributed by atoms with Crippen molar-refractivity contribution >= 4 is 23.2 Å². The summed E-state index contributed by atoms with van der Waals surface area (Å²) in [6, 6.07) is 15.1. The van der Waals surface area contributed by atoms with Gasteiger partial charge in [0, 0.05) is 11.7 Å². The highest BCUT2D eigenvalue weighted by Crippen LogP contribution is 2.19. The molecule has 1 unspecified atom stereocenters. The molecule has 1 atom stereocenters. The summed E-state index contributed by atoms with van der Waals surface area (Å²) in [6.45, 7) is 5.11. The molecule has 0 radical (unpaired) electrons. The average molecular weight is 303 g/mol. The second kappa shape index (κ2) is 7.25. The van der Waals surface area contributed by atoms with Crippen LogP contribution in [0.25, 0.3) is 0 Å². The third-order valence-corrected chi connectivity index (χ3v) is 3.63. The average Bonchev–Trinajstić information content (AvgIpc) is 2.48. The van der Waals surface area contributed by atoms with Crippen molar-refractivity contribution in [3.63, 3.8) is 0 Å². The van der Waals surface area contributed by atoms with Crippen LogP contribution in [0.1, 0.15) is 35.8 Å². The fourth-order valence-corrected chi connectivity index (χ4v) is 2.34. The molecule has 0 bridgehead atoms. The van der Waals surface area contributed by atoms with Gasteiger partial charge in [0.25, 0.3) is 5.91 Å². The van der Waals surface area contributed by atoms with Crippen LogP contribution in [0.3, 0.4) is 0 Å². The van der Waals surface area contributed by atoms with E-state index in [0.717, 1.165) is 12.2 Å². The minimum Gasteiger partial charge on any atom is -0.322 e. The van der Waals surface area contributed by atoms with Crippen molar-refractivity contribution in [2.45, 2.75) is 19.9 Å². The van der Waals surface area contributed by atoms with Gasteiger partial charge in [0.2, 0.25) is 0 Å². The Bertz CT molecular complexity index is 610. The number of hydrogen-bond acceptors (Lipinski definition) is 2. The standard InChI is InChI=1S/C17H19ClN2O/c1-3-19-12(2)13-8-10-14(11-9-13)20-17(21)15-6-4-5-7-16(15)18/h4-12,19H,3H2,1-2H3,(H,20,21). The Hall–Kier alpha value is -1.84. The molecular formula is C17H19ClN2O. The van der Waals surface area contributed by atoms with Gasteiger partial charge in [0.05, 0.1) is 10.6 Å². The molecule has 110 valence electrons. The zero-order valence-electron chi connectivity index (χ0n) is 12.2. The van der Waals surface area contributed by atoms with Crippen molar-refractivity contribution in [2.75, 3.05) is 11.9 Å². The summed E-state index contributed by atoms with van der Waals surface area (Å²) < 4.78 is 0. The first kappa shape index (κ1) is 15.5. The van der Waals surface area contributed by atoms with Crippen molar-refractivity contribution in [3.05, 3.63) is 64.7 Å². The summed E-state index contributed by atoms with van der Waals surface area (Å²) in [6.07, 6.45) is 0. The third-order valence-electron chi connectivity index (χ3n) is 3.30. The van der Waals surface area contributed by atoms with Gasteiger partial charge in [-0.25, -0.2) is 0 Å². The van der Waals surface area contributed by atoms with Gasteiger partial charge in [-0.15, -0.1) is 0 Å². The summed E-state index contributed by atoms with van der Waals surface area (Å²) in [4.78, 5) is 12.1. The Kier molecular flexibility index (Phi) is 5.37. The SMILES string of the molecule is CCNC(C)c1ccc(NC(=O)c2ccccc2Cl)cc1. The molecule has 2 N–H and O–H groups in total. The van der Waals surface area contributed by atoms with Crippen molar-refractivity contribution in [3.8, 4) is 0 Å². The lowest BCUT2D eigenvalue weighted by molar-refractivity contribution is 0.102. The van der Waals surface area contributed by atoms with Crippen LogP contribution in [0, 0.1) is 0 Å². The highest BCUT2D eigenvalue weighted by Gasteiger charge is 2.10. The van der Waals surface area contributed by atoms with Gasteiger partial charge in [0.1, 0.15) is 0 Å². The summed E-state index contributed by atoms with van der Waals surface area (Å²) in [5.74, 6) is -0.201. The summed E-state index contributed by atoms with van der Waals surface area (Å²) in [7, 11) is 0. The molecule has 0 aliphatic heterocycles. The lowest BCUT2D eigenvalue weighted by Crippen LogP contribution is -2.17. The van der Waals surface area contributed by atoms with E-state index in [1.54, 1.807) is 24.3 Å². The molecule has 2 aromatic rings. The Morgan fingerprint density at radius 2 is 1.81 bits per heavy atom. The maximum atomic E-state index is 12.1. The molecular weight excluding hydrogens is 284 g/mol. The number of carbonyl (C=O) groups excluding carboxylic acids is 1. The summed E-state index contributed by atoms with van der Waals surface area (Å²) in [5.41, 5.74) is 2.42. The lowest BCUT2D eigenvalue weighted by Gasteiger charge is -2.13. The Morgan fingerprint density at radius 1 is 1.14 bits per heavy atom. The van der Waals surface area contributed by atoms with Gasteiger partial charge < -0.3 is 10.6 Å². The van der Waals surface area contributed by atoms with Crippen LogP contribution in [-0.4, -0.2) is 12.5 Å². The van der Waals surface area contributed by atoms with Crippen molar-refractivity contribution in [1.29, 1.82) is 0 Å². The zero-order valence-corrected chi connectivity index (χ0v) is 12.9. The van der Waals surface area contributed by atoms with E-state index >= 15 is 0 Å². The largest absolute Gasteiger partial charge is 0.322 e. The van der Waals surface area contributed by atoms with Crippen LogP contribution in [0.2, 0.25) is 5.02 Å². The fraction of sp³-hybridized carbons (Fsp3) is 0.235. The second-order valence-corrected chi connectivity index (χ2v) is 5.24. The number of anilines is 1. The van der Waals surface area contributed by atoms with Gasteiger partial charge >= 0.3 is 0 Å². The Labute approximate surface area is 130 Å². The molecule has 4 heteroatoms. The molecule has 0 aliphatic carbocycles. The fourth-order valence-electron chi connectivity index (χ4n) is 2.12. The van der Waals surface area contributed by atoms with Gasteiger partial charge in [-0.1, -0.05) is 42.8 Å². The molecule has 0 fully saturated rings. The molecule has 21 heavy (non-hydrogen) atoms. The van der Waals surface area contributed by atoms with E-state index in [4.69, 9.17) is 11.6 Å². The molecule has 1 amide bonds. The number of carbonyl (C=O) groups is 1. The van der Waals surface area contributed by atoms with Gasteiger partial charge in [0.15, 0.2) is 0 Å². The third kappa shape index (κ3) is 4.06. The number of benzene rings is 2. The van der Waals surface area contributed by atoms with Crippen LogP contribution in [0.15, 0.2) is 48.5 Å². The molecule has 0 aliphatic rings. The molecule has 2 rings (SSSR count). The predicted molar refractivity (Wildman–Crippen MR) is 87.9 cm³/mol. The second-order valence-electron chi connectivity index (χ2n) is 4.84. The van der Waals surface area contributed by atoms with E-state index in [0.29, 0.717) is 16.6 Å². The van der Waals surface area contributed by atoms with Crippen LogP contribution in [-0.2, 0) is 0 Å². The summed E-state index contributed by atoms with van der Waals surface area (Å²) in [5, 5.41) is 6.66.